The minimum absolute atomic E-state index is 0.0700. The molecule has 8 nitrogen and oxygen atoms in total. The standard InChI is InChI=1S/C39H73N2O6P/c1-3-5-7-9-11-13-15-17-18-19-21-22-24-26-28-30-32-38(42)37(36-47-48(44,45)46-35-34-40)41-39(43)33-31-29-27-25-23-20-16-14-12-10-8-6-4-2/h8,10,14,16,22,24,30,32,37-38,42H,3-7,9,11-13,15,17-21,23,25-29,31,33-36,40H2,1-2H3,(H,41,43)(H,44,45)/b10-8-,16-14-,24-22+,32-30+. The third-order valence-electron chi connectivity index (χ3n) is 8.11. The smallest absolute Gasteiger partial charge is 0.387 e. The van der Waals surface area contributed by atoms with Gasteiger partial charge in [0.1, 0.15) is 0 Å². The molecule has 0 aliphatic rings. The lowest BCUT2D eigenvalue weighted by Gasteiger charge is -2.23. The molecule has 0 aromatic heterocycles. The molecule has 0 saturated carbocycles. The largest absolute Gasteiger partial charge is 0.472 e. The van der Waals surface area contributed by atoms with E-state index in [0.29, 0.717) is 6.42 Å². The average Bonchev–Trinajstić information content (AvgIpc) is 3.07. The molecule has 0 aliphatic carbocycles. The van der Waals surface area contributed by atoms with Gasteiger partial charge in [-0.1, -0.05) is 146 Å². The minimum Gasteiger partial charge on any atom is -0.387 e. The molecule has 0 fully saturated rings. The number of hydrogen-bond acceptors (Lipinski definition) is 6. The molecule has 0 bridgehead atoms. The van der Waals surface area contributed by atoms with Crippen LogP contribution < -0.4 is 11.1 Å². The molecule has 9 heteroatoms. The van der Waals surface area contributed by atoms with Crippen LogP contribution in [0.4, 0.5) is 0 Å². The van der Waals surface area contributed by atoms with Crippen LogP contribution in [0.2, 0.25) is 0 Å². The average molecular weight is 697 g/mol. The fraction of sp³-hybridized carbons (Fsp3) is 0.769. The van der Waals surface area contributed by atoms with Gasteiger partial charge in [0, 0.05) is 13.0 Å². The van der Waals surface area contributed by atoms with Crippen molar-refractivity contribution in [2.24, 2.45) is 5.73 Å². The van der Waals surface area contributed by atoms with Crippen LogP contribution in [-0.4, -0.2) is 47.8 Å². The number of amides is 1. The van der Waals surface area contributed by atoms with Crippen molar-refractivity contribution in [1.29, 1.82) is 0 Å². The van der Waals surface area contributed by atoms with Crippen LogP contribution in [0.5, 0.6) is 0 Å². The summed E-state index contributed by atoms with van der Waals surface area (Å²) in [6.07, 6.45) is 41.6. The molecule has 5 N–H and O–H groups in total. The Balaban J connectivity index is 4.39. The predicted molar refractivity (Wildman–Crippen MR) is 203 cm³/mol. The quantitative estimate of drug-likeness (QED) is 0.0295. The maximum absolute atomic E-state index is 12.7. The topological polar surface area (TPSA) is 131 Å². The molecule has 0 aromatic rings. The number of nitrogens with two attached hydrogens (primary N) is 1. The number of unbranched alkanes of at least 4 members (excludes halogenated alkanes) is 17. The van der Waals surface area contributed by atoms with Crippen LogP contribution in [0, 0.1) is 0 Å². The van der Waals surface area contributed by atoms with Gasteiger partial charge >= 0.3 is 7.82 Å². The third kappa shape index (κ3) is 33.0. The maximum Gasteiger partial charge on any atom is 0.472 e. The van der Waals surface area contributed by atoms with Crippen LogP contribution in [0.25, 0.3) is 0 Å². The molecular weight excluding hydrogens is 623 g/mol. The first-order chi connectivity index (χ1) is 23.4. The zero-order valence-electron chi connectivity index (χ0n) is 30.7. The zero-order chi connectivity index (χ0) is 35.4. The van der Waals surface area contributed by atoms with E-state index >= 15 is 0 Å². The monoisotopic (exact) mass is 697 g/mol. The van der Waals surface area contributed by atoms with Gasteiger partial charge in [-0.15, -0.1) is 0 Å². The van der Waals surface area contributed by atoms with E-state index in [1.165, 1.54) is 70.6 Å². The zero-order valence-corrected chi connectivity index (χ0v) is 31.6. The molecule has 48 heavy (non-hydrogen) atoms. The van der Waals surface area contributed by atoms with Gasteiger partial charge in [-0.25, -0.2) is 4.57 Å². The molecular formula is C39H73N2O6P. The highest BCUT2D eigenvalue weighted by atomic mass is 31.2. The number of phosphoric acid groups is 1. The number of carbonyl (C=O) groups is 1. The van der Waals surface area contributed by atoms with Gasteiger partial charge < -0.3 is 21.1 Å². The second-order valence-corrected chi connectivity index (χ2v) is 14.2. The summed E-state index contributed by atoms with van der Waals surface area (Å²) in [6, 6.07) is -0.883. The number of nitrogens with one attached hydrogen (secondary N) is 1. The number of aliphatic hydroxyl groups excluding tert-OH is 1. The first-order valence-electron chi connectivity index (χ1n) is 19.3. The summed E-state index contributed by atoms with van der Waals surface area (Å²) < 4.78 is 22.0. The molecule has 0 saturated heterocycles. The molecule has 280 valence electrons. The number of hydrogen-bond donors (Lipinski definition) is 4. The fourth-order valence-corrected chi connectivity index (χ4v) is 5.94. The van der Waals surface area contributed by atoms with Crippen molar-refractivity contribution in [3.8, 4) is 0 Å². The molecule has 0 aromatic carbocycles. The molecule has 0 spiro atoms. The SMILES string of the molecule is CCC/C=C\C/C=C\CCCCCCCC(=O)NC(COP(=O)(O)OCCN)C(O)/C=C/CC/C=C/CCCCCCCCCCCC. The number of aliphatic hydroxyl groups is 1. The lowest BCUT2D eigenvalue weighted by atomic mass is 10.1. The van der Waals surface area contributed by atoms with Crippen molar-refractivity contribution in [1.82, 2.24) is 5.32 Å². The molecule has 0 rings (SSSR count). The van der Waals surface area contributed by atoms with Crippen LogP contribution in [0.3, 0.4) is 0 Å². The first-order valence-corrected chi connectivity index (χ1v) is 20.8. The van der Waals surface area contributed by atoms with E-state index in [4.69, 9.17) is 14.8 Å². The Morgan fingerprint density at radius 2 is 1.21 bits per heavy atom. The van der Waals surface area contributed by atoms with E-state index in [-0.39, 0.29) is 25.7 Å². The highest BCUT2D eigenvalue weighted by Crippen LogP contribution is 2.43. The molecule has 1 amide bonds. The number of rotatable bonds is 35. The molecule has 3 atom stereocenters. The molecule has 0 heterocycles. The van der Waals surface area contributed by atoms with Gasteiger partial charge in [0.05, 0.1) is 25.4 Å². The van der Waals surface area contributed by atoms with Crippen molar-refractivity contribution < 1.29 is 28.4 Å². The van der Waals surface area contributed by atoms with Gasteiger partial charge in [-0.3, -0.25) is 13.8 Å². The van der Waals surface area contributed by atoms with Gasteiger partial charge in [-0.05, 0) is 57.8 Å². The van der Waals surface area contributed by atoms with E-state index in [1.54, 1.807) is 6.08 Å². The summed E-state index contributed by atoms with van der Waals surface area (Å²) >= 11 is 0. The molecule has 0 radical (unpaired) electrons. The van der Waals surface area contributed by atoms with Crippen molar-refractivity contribution >= 4 is 13.7 Å². The van der Waals surface area contributed by atoms with E-state index in [2.05, 4.69) is 55.6 Å². The van der Waals surface area contributed by atoms with Gasteiger partial charge in [0.2, 0.25) is 5.91 Å². The lowest BCUT2D eigenvalue weighted by Crippen LogP contribution is -2.45. The van der Waals surface area contributed by atoms with Crippen LogP contribution >= 0.6 is 7.82 Å². The Hall–Kier alpha value is -1.54. The predicted octanol–water partition coefficient (Wildman–Crippen LogP) is 10.2. The summed E-state index contributed by atoms with van der Waals surface area (Å²) in [5, 5.41) is 13.6. The van der Waals surface area contributed by atoms with Gasteiger partial charge in [0.25, 0.3) is 0 Å². The van der Waals surface area contributed by atoms with Crippen molar-refractivity contribution in [3.05, 3.63) is 48.6 Å². The highest BCUT2D eigenvalue weighted by molar-refractivity contribution is 7.47. The van der Waals surface area contributed by atoms with Gasteiger partial charge in [0.15, 0.2) is 0 Å². The Labute approximate surface area is 294 Å². The molecule has 0 aliphatic heterocycles. The van der Waals surface area contributed by atoms with Crippen molar-refractivity contribution in [3.63, 3.8) is 0 Å². The fourth-order valence-electron chi connectivity index (χ4n) is 5.18. The first kappa shape index (κ1) is 46.5. The van der Waals surface area contributed by atoms with E-state index in [1.807, 2.05) is 6.08 Å². The van der Waals surface area contributed by atoms with E-state index in [9.17, 15) is 19.4 Å². The summed E-state index contributed by atoms with van der Waals surface area (Å²) in [6.45, 7) is 4.01. The van der Waals surface area contributed by atoms with E-state index in [0.717, 1.165) is 70.6 Å². The Morgan fingerprint density at radius 3 is 1.81 bits per heavy atom. The number of allylic oxidation sites excluding steroid dienone is 7. The number of carbonyl (C=O) groups excluding carboxylic acids is 1. The Bertz CT molecular complexity index is 892. The molecule has 3 unspecified atom stereocenters. The second kappa shape index (κ2) is 35.3. The summed E-state index contributed by atoms with van der Waals surface area (Å²) in [7, 11) is -4.34. The number of phosphoric ester groups is 1. The lowest BCUT2D eigenvalue weighted by molar-refractivity contribution is -0.123. The van der Waals surface area contributed by atoms with Crippen molar-refractivity contribution in [2.45, 2.75) is 174 Å². The van der Waals surface area contributed by atoms with Crippen LogP contribution in [0.1, 0.15) is 162 Å². The minimum atomic E-state index is -4.34. The van der Waals surface area contributed by atoms with Crippen molar-refractivity contribution in [2.75, 3.05) is 19.8 Å². The third-order valence-corrected chi connectivity index (χ3v) is 9.09. The van der Waals surface area contributed by atoms with Crippen LogP contribution in [0.15, 0.2) is 48.6 Å². The summed E-state index contributed by atoms with van der Waals surface area (Å²) in [5.41, 5.74) is 5.35. The maximum atomic E-state index is 12.7. The summed E-state index contributed by atoms with van der Waals surface area (Å²) in [5.74, 6) is -0.222. The summed E-state index contributed by atoms with van der Waals surface area (Å²) in [4.78, 5) is 22.6. The van der Waals surface area contributed by atoms with E-state index < -0.39 is 20.0 Å². The van der Waals surface area contributed by atoms with Crippen LogP contribution in [-0.2, 0) is 18.4 Å². The Morgan fingerprint density at radius 1 is 0.688 bits per heavy atom. The normalized spacial score (nSPS) is 14.9. The second-order valence-electron chi connectivity index (χ2n) is 12.8. The highest BCUT2D eigenvalue weighted by Gasteiger charge is 2.26. The Kier molecular flexibility index (Phi) is 34.2. The van der Waals surface area contributed by atoms with Gasteiger partial charge in [-0.2, -0.15) is 0 Å².